The highest BCUT2D eigenvalue weighted by Gasteiger charge is 2.16. The number of amides is 1. The zero-order valence-electron chi connectivity index (χ0n) is 13.4. The molecular weight excluding hydrogens is 250 g/mol. The molecule has 0 aliphatic heterocycles. The van der Waals surface area contributed by atoms with E-state index < -0.39 is 0 Å². The first kappa shape index (κ1) is 16.5. The zero-order valence-corrected chi connectivity index (χ0v) is 13.4. The van der Waals surface area contributed by atoms with Gasteiger partial charge in [-0.3, -0.25) is 4.79 Å². The van der Waals surface area contributed by atoms with Crippen molar-refractivity contribution in [2.24, 2.45) is 0 Å². The molecule has 0 aliphatic carbocycles. The van der Waals surface area contributed by atoms with Crippen molar-refractivity contribution < 1.29 is 4.79 Å². The maximum Gasteiger partial charge on any atom is 0.251 e. The van der Waals surface area contributed by atoms with Crippen LogP contribution < -0.4 is 10.2 Å². The lowest BCUT2D eigenvalue weighted by Crippen LogP contribution is -2.40. The SMILES string of the molecule is CCCN(CCC)c1cc(C(=O)NC(C)(C)C)ccn1. The van der Waals surface area contributed by atoms with Crippen molar-refractivity contribution in [1.82, 2.24) is 10.3 Å². The minimum atomic E-state index is -0.229. The van der Waals surface area contributed by atoms with Gasteiger partial charge in [0.25, 0.3) is 5.91 Å². The number of rotatable bonds is 6. The molecule has 1 rings (SSSR count). The van der Waals surface area contributed by atoms with Crippen molar-refractivity contribution in [2.45, 2.75) is 53.0 Å². The van der Waals surface area contributed by atoms with Crippen molar-refractivity contribution in [3.05, 3.63) is 23.9 Å². The van der Waals surface area contributed by atoms with Gasteiger partial charge in [0.1, 0.15) is 5.82 Å². The normalized spacial score (nSPS) is 11.2. The van der Waals surface area contributed by atoms with E-state index in [1.54, 1.807) is 12.3 Å². The van der Waals surface area contributed by atoms with Crippen LogP contribution >= 0.6 is 0 Å². The molecule has 0 radical (unpaired) electrons. The lowest BCUT2D eigenvalue weighted by Gasteiger charge is -2.24. The van der Waals surface area contributed by atoms with E-state index in [4.69, 9.17) is 0 Å². The third kappa shape index (κ3) is 5.19. The standard InChI is InChI=1S/C16H27N3O/c1-6-10-19(11-7-2)14-12-13(8-9-17-14)15(20)18-16(3,4)5/h8-9,12H,6-7,10-11H2,1-5H3,(H,18,20). The summed E-state index contributed by atoms with van der Waals surface area (Å²) in [7, 11) is 0. The summed E-state index contributed by atoms with van der Waals surface area (Å²) >= 11 is 0. The van der Waals surface area contributed by atoms with Gasteiger partial charge in [-0.05, 0) is 45.7 Å². The van der Waals surface area contributed by atoms with E-state index in [0.717, 1.165) is 31.7 Å². The molecule has 112 valence electrons. The van der Waals surface area contributed by atoms with Gasteiger partial charge in [0.15, 0.2) is 0 Å². The Bertz CT molecular complexity index is 432. The molecule has 1 aromatic heterocycles. The van der Waals surface area contributed by atoms with Crippen LogP contribution in [0.15, 0.2) is 18.3 Å². The molecule has 1 N–H and O–H groups in total. The van der Waals surface area contributed by atoms with E-state index in [2.05, 4.69) is 29.0 Å². The van der Waals surface area contributed by atoms with Crippen LogP contribution in [0.1, 0.15) is 57.8 Å². The summed E-state index contributed by atoms with van der Waals surface area (Å²) in [5.41, 5.74) is 0.440. The molecule has 0 atom stereocenters. The van der Waals surface area contributed by atoms with Crippen LogP contribution in [0.5, 0.6) is 0 Å². The molecule has 0 saturated carbocycles. The first-order valence-electron chi connectivity index (χ1n) is 7.41. The van der Waals surface area contributed by atoms with Crippen LogP contribution in [0.3, 0.4) is 0 Å². The molecule has 4 heteroatoms. The summed E-state index contributed by atoms with van der Waals surface area (Å²) in [6.45, 7) is 12.2. The Morgan fingerprint density at radius 3 is 2.35 bits per heavy atom. The maximum atomic E-state index is 12.2. The number of aromatic nitrogens is 1. The Hall–Kier alpha value is -1.58. The minimum absolute atomic E-state index is 0.0471. The van der Waals surface area contributed by atoms with E-state index in [1.165, 1.54) is 0 Å². The molecule has 1 heterocycles. The lowest BCUT2D eigenvalue weighted by atomic mass is 10.1. The van der Waals surface area contributed by atoms with E-state index >= 15 is 0 Å². The number of hydrogen-bond donors (Lipinski definition) is 1. The number of carbonyl (C=O) groups excluding carboxylic acids is 1. The number of nitrogens with zero attached hydrogens (tertiary/aromatic N) is 2. The van der Waals surface area contributed by atoms with Gasteiger partial charge in [-0.2, -0.15) is 0 Å². The van der Waals surface area contributed by atoms with Crippen molar-refractivity contribution in [3.8, 4) is 0 Å². The number of nitrogens with one attached hydrogen (secondary N) is 1. The highest BCUT2D eigenvalue weighted by atomic mass is 16.1. The van der Waals surface area contributed by atoms with Gasteiger partial charge in [-0.1, -0.05) is 13.8 Å². The summed E-state index contributed by atoms with van der Waals surface area (Å²) in [5, 5.41) is 2.98. The van der Waals surface area contributed by atoms with Gasteiger partial charge < -0.3 is 10.2 Å². The van der Waals surface area contributed by atoms with Crippen LogP contribution in [-0.2, 0) is 0 Å². The quantitative estimate of drug-likeness (QED) is 0.868. The fourth-order valence-corrected chi connectivity index (χ4v) is 2.03. The smallest absolute Gasteiger partial charge is 0.251 e. The third-order valence-electron chi connectivity index (χ3n) is 2.81. The molecule has 0 aromatic carbocycles. The highest BCUT2D eigenvalue weighted by molar-refractivity contribution is 5.95. The number of carbonyl (C=O) groups is 1. The predicted octanol–water partition coefficient (Wildman–Crippen LogP) is 3.24. The first-order chi connectivity index (χ1) is 9.37. The van der Waals surface area contributed by atoms with Crippen molar-refractivity contribution in [2.75, 3.05) is 18.0 Å². The highest BCUT2D eigenvalue weighted by Crippen LogP contribution is 2.14. The molecule has 1 aromatic rings. The average Bonchev–Trinajstić information content (AvgIpc) is 2.37. The largest absolute Gasteiger partial charge is 0.357 e. The van der Waals surface area contributed by atoms with Crippen LogP contribution in [0.2, 0.25) is 0 Å². The maximum absolute atomic E-state index is 12.2. The van der Waals surface area contributed by atoms with Crippen molar-refractivity contribution >= 4 is 11.7 Å². The molecule has 20 heavy (non-hydrogen) atoms. The molecule has 0 aliphatic rings. The monoisotopic (exact) mass is 277 g/mol. The van der Waals surface area contributed by atoms with Gasteiger partial charge in [0, 0.05) is 30.4 Å². The second-order valence-corrected chi connectivity index (χ2v) is 6.09. The average molecular weight is 277 g/mol. The molecule has 0 unspecified atom stereocenters. The van der Waals surface area contributed by atoms with Gasteiger partial charge >= 0.3 is 0 Å². The number of anilines is 1. The summed E-state index contributed by atoms with van der Waals surface area (Å²) in [6, 6.07) is 3.65. The Morgan fingerprint density at radius 1 is 1.25 bits per heavy atom. The predicted molar refractivity (Wildman–Crippen MR) is 84.3 cm³/mol. The van der Waals surface area contributed by atoms with E-state index in [0.29, 0.717) is 5.56 Å². The van der Waals surface area contributed by atoms with E-state index in [9.17, 15) is 4.79 Å². The Morgan fingerprint density at radius 2 is 1.85 bits per heavy atom. The lowest BCUT2D eigenvalue weighted by molar-refractivity contribution is 0.0919. The minimum Gasteiger partial charge on any atom is -0.357 e. The molecular formula is C16H27N3O. The molecule has 4 nitrogen and oxygen atoms in total. The third-order valence-corrected chi connectivity index (χ3v) is 2.81. The van der Waals surface area contributed by atoms with Gasteiger partial charge in [0.2, 0.25) is 0 Å². The number of hydrogen-bond acceptors (Lipinski definition) is 3. The van der Waals surface area contributed by atoms with Gasteiger partial charge in [-0.15, -0.1) is 0 Å². The van der Waals surface area contributed by atoms with E-state index in [1.807, 2.05) is 26.8 Å². The van der Waals surface area contributed by atoms with Crippen molar-refractivity contribution in [3.63, 3.8) is 0 Å². The fraction of sp³-hybridized carbons (Fsp3) is 0.625. The Balaban J connectivity index is 2.91. The van der Waals surface area contributed by atoms with Crippen LogP contribution in [0.4, 0.5) is 5.82 Å². The second-order valence-electron chi connectivity index (χ2n) is 6.09. The van der Waals surface area contributed by atoms with Crippen molar-refractivity contribution in [1.29, 1.82) is 0 Å². The fourth-order valence-electron chi connectivity index (χ4n) is 2.03. The molecule has 0 spiro atoms. The summed E-state index contributed by atoms with van der Waals surface area (Å²) in [6.07, 6.45) is 3.85. The molecule has 0 fully saturated rings. The topological polar surface area (TPSA) is 45.2 Å². The summed E-state index contributed by atoms with van der Waals surface area (Å²) in [4.78, 5) is 18.8. The van der Waals surface area contributed by atoms with Crippen LogP contribution in [0.25, 0.3) is 0 Å². The van der Waals surface area contributed by atoms with Crippen LogP contribution in [0, 0.1) is 0 Å². The second kappa shape index (κ2) is 7.27. The molecule has 0 bridgehead atoms. The summed E-state index contributed by atoms with van der Waals surface area (Å²) in [5.74, 6) is 0.837. The van der Waals surface area contributed by atoms with E-state index in [-0.39, 0.29) is 11.4 Å². The Labute approximate surface area is 122 Å². The van der Waals surface area contributed by atoms with Gasteiger partial charge in [0.05, 0.1) is 0 Å². The first-order valence-corrected chi connectivity index (χ1v) is 7.41. The summed E-state index contributed by atoms with van der Waals surface area (Å²) < 4.78 is 0. The zero-order chi connectivity index (χ0) is 15.2. The molecule has 0 saturated heterocycles. The molecule has 1 amide bonds. The number of pyridine rings is 1. The van der Waals surface area contributed by atoms with Gasteiger partial charge in [-0.25, -0.2) is 4.98 Å². The van der Waals surface area contributed by atoms with Crippen LogP contribution in [-0.4, -0.2) is 29.5 Å². The Kier molecular flexibility index (Phi) is 5.99.